The fraction of sp³-hybridized carbons (Fsp3) is 0.188. The first-order valence-corrected chi connectivity index (χ1v) is 9.20. The van der Waals surface area contributed by atoms with E-state index in [1.54, 1.807) is 24.3 Å². The van der Waals surface area contributed by atoms with Crippen LogP contribution in [0.25, 0.3) is 11.0 Å². The molecule has 3 rings (SSSR count). The highest BCUT2D eigenvalue weighted by molar-refractivity contribution is 7.90. The molecule has 0 spiro atoms. The van der Waals surface area contributed by atoms with Crippen molar-refractivity contribution in [3.05, 3.63) is 64.9 Å². The van der Waals surface area contributed by atoms with Gasteiger partial charge in [-0.15, -0.1) is 0 Å². The highest BCUT2D eigenvalue weighted by atomic mass is 35.5. The topological polar surface area (TPSA) is 83.0 Å². The fourth-order valence-corrected chi connectivity index (χ4v) is 3.83. The molecule has 0 aliphatic rings. The first kappa shape index (κ1) is 16.0. The molecule has 0 saturated heterocycles. The summed E-state index contributed by atoms with van der Waals surface area (Å²) in [4.78, 5) is 7.24. The zero-order valence-electron chi connectivity index (χ0n) is 12.1. The number of fused-ring (bicyclic) bond motifs is 1. The lowest BCUT2D eigenvalue weighted by atomic mass is 10.1. The molecule has 23 heavy (non-hydrogen) atoms. The molecule has 0 fully saturated rings. The lowest BCUT2D eigenvalue weighted by molar-refractivity contribution is 0.201. The SMILES string of the molecule is O=S(=O)(Cc1nc2ccccc2[nH]1)CC(O)c1ccc(Cl)cc1. The molecular weight excluding hydrogens is 336 g/mol. The number of aromatic nitrogens is 2. The number of H-pyrrole nitrogens is 1. The molecule has 0 amide bonds. The van der Waals surface area contributed by atoms with Crippen molar-refractivity contribution in [1.82, 2.24) is 9.97 Å². The summed E-state index contributed by atoms with van der Waals surface area (Å²) in [6.07, 6.45) is -1.10. The van der Waals surface area contributed by atoms with Gasteiger partial charge in [-0.25, -0.2) is 13.4 Å². The van der Waals surface area contributed by atoms with E-state index in [0.29, 0.717) is 16.4 Å². The molecule has 1 aromatic heterocycles. The van der Waals surface area contributed by atoms with E-state index >= 15 is 0 Å². The van der Waals surface area contributed by atoms with Gasteiger partial charge in [-0.2, -0.15) is 0 Å². The van der Waals surface area contributed by atoms with Crippen LogP contribution in [-0.4, -0.2) is 29.2 Å². The van der Waals surface area contributed by atoms with Crippen LogP contribution in [0.5, 0.6) is 0 Å². The highest BCUT2D eigenvalue weighted by Gasteiger charge is 2.21. The maximum atomic E-state index is 12.3. The fourth-order valence-electron chi connectivity index (χ4n) is 2.36. The van der Waals surface area contributed by atoms with Crippen molar-refractivity contribution in [2.75, 3.05) is 5.75 Å². The van der Waals surface area contributed by atoms with Crippen molar-refractivity contribution in [3.8, 4) is 0 Å². The summed E-state index contributed by atoms with van der Waals surface area (Å²) in [5.41, 5.74) is 2.02. The Kier molecular flexibility index (Phi) is 4.39. The zero-order valence-corrected chi connectivity index (χ0v) is 13.7. The van der Waals surface area contributed by atoms with E-state index in [1.807, 2.05) is 24.3 Å². The van der Waals surface area contributed by atoms with Crippen LogP contribution in [0, 0.1) is 0 Å². The Morgan fingerprint density at radius 1 is 1.13 bits per heavy atom. The van der Waals surface area contributed by atoms with Crippen LogP contribution in [0.1, 0.15) is 17.5 Å². The molecule has 5 nitrogen and oxygen atoms in total. The molecule has 1 atom stereocenters. The number of benzene rings is 2. The van der Waals surface area contributed by atoms with Crippen LogP contribution in [0.4, 0.5) is 0 Å². The number of halogens is 1. The molecule has 2 N–H and O–H groups in total. The molecule has 0 radical (unpaired) electrons. The molecule has 1 heterocycles. The van der Waals surface area contributed by atoms with Gasteiger partial charge in [-0.1, -0.05) is 35.9 Å². The molecule has 2 aromatic carbocycles. The van der Waals surface area contributed by atoms with Crippen LogP contribution in [-0.2, 0) is 15.6 Å². The molecule has 1 unspecified atom stereocenters. The number of rotatable bonds is 5. The molecule has 120 valence electrons. The van der Waals surface area contributed by atoms with Gasteiger partial charge in [0.05, 0.1) is 22.9 Å². The number of aliphatic hydroxyl groups is 1. The summed E-state index contributed by atoms with van der Waals surface area (Å²) in [5, 5.41) is 10.6. The van der Waals surface area contributed by atoms with Crippen molar-refractivity contribution in [1.29, 1.82) is 0 Å². The average molecular weight is 351 g/mol. The van der Waals surface area contributed by atoms with Gasteiger partial charge in [-0.3, -0.25) is 0 Å². The number of aromatic amines is 1. The number of imidazole rings is 1. The van der Waals surface area contributed by atoms with Crippen LogP contribution >= 0.6 is 11.6 Å². The zero-order chi connectivity index (χ0) is 16.4. The van der Waals surface area contributed by atoms with E-state index in [9.17, 15) is 13.5 Å². The predicted octanol–water partition coefficient (Wildman–Crippen LogP) is 2.86. The quantitative estimate of drug-likeness (QED) is 0.741. The van der Waals surface area contributed by atoms with Crippen molar-refractivity contribution in [2.24, 2.45) is 0 Å². The van der Waals surface area contributed by atoms with Crippen LogP contribution in [0.3, 0.4) is 0 Å². The standard InChI is InChI=1S/C16H15ClN2O3S/c17-12-7-5-11(6-8-12)15(20)9-23(21,22)10-16-18-13-3-1-2-4-14(13)19-16/h1-8,15,20H,9-10H2,(H,18,19). The number of nitrogens with zero attached hydrogens (tertiary/aromatic N) is 1. The summed E-state index contributed by atoms with van der Waals surface area (Å²) < 4.78 is 24.6. The van der Waals surface area contributed by atoms with E-state index < -0.39 is 15.9 Å². The van der Waals surface area contributed by atoms with Gasteiger partial charge < -0.3 is 10.1 Å². The molecule has 3 aromatic rings. The number of aliphatic hydroxyl groups excluding tert-OH is 1. The maximum Gasteiger partial charge on any atom is 0.160 e. The first-order valence-electron chi connectivity index (χ1n) is 7.00. The molecule has 0 aliphatic carbocycles. The van der Waals surface area contributed by atoms with Crippen molar-refractivity contribution < 1.29 is 13.5 Å². The second kappa shape index (κ2) is 6.31. The number of sulfone groups is 1. The van der Waals surface area contributed by atoms with Gasteiger partial charge in [0.15, 0.2) is 9.84 Å². The minimum Gasteiger partial charge on any atom is -0.387 e. The van der Waals surface area contributed by atoms with Gasteiger partial charge in [0.25, 0.3) is 0 Å². The Bertz CT molecular complexity index is 887. The predicted molar refractivity (Wildman–Crippen MR) is 90.0 cm³/mol. The van der Waals surface area contributed by atoms with Gasteiger partial charge >= 0.3 is 0 Å². The normalized spacial score (nSPS) is 13.3. The van der Waals surface area contributed by atoms with Gasteiger partial charge in [0, 0.05) is 5.02 Å². The summed E-state index contributed by atoms with van der Waals surface area (Å²) in [6, 6.07) is 13.8. The second-order valence-electron chi connectivity index (χ2n) is 5.32. The van der Waals surface area contributed by atoms with E-state index in [-0.39, 0.29) is 11.5 Å². The lowest BCUT2D eigenvalue weighted by Gasteiger charge is -2.11. The molecule has 0 saturated carbocycles. The Hall–Kier alpha value is -1.89. The lowest BCUT2D eigenvalue weighted by Crippen LogP contribution is -2.17. The Labute approximate surface area is 138 Å². The monoisotopic (exact) mass is 350 g/mol. The van der Waals surface area contributed by atoms with Crippen molar-refractivity contribution in [2.45, 2.75) is 11.9 Å². The number of hydrogen-bond acceptors (Lipinski definition) is 4. The van der Waals surface area contributed by atoms with E-state index in [2.05, 4.69) is 9.97 Å². The summed E-state index contributed by atoms with van der Waals surface area (Å²) in [6.45, 7) is 0. The second-order valence-corrected chi connectivity index (χ2v) is 7.87. The Balaban J connectivity index is 1.74. The number of para-hydroxylation sites is 2. The smallest absolute Gasteiger partial charge is 0.160 e. The minimum atomic E-state index is -3.52. The van der Waals surface area contributed by atoms with Gasteiger partial charge in [0.2, 0.25) is 0 Å². The largest absolute Gasteiger partial charge is 0.387 e. The van der Waals surface area contributed by atoms with E-state index in [0.717, 1.165) is 11.0 Å². The Morgan fingerprint density at radius 2 is 1.83 bits per heavy atom. The van der Waals surface area contributed by atoms with E-state index in [4.69, 9.17) is 11.6 Å². The first-order chi connectivity index (χ1) is 10.9. The third-order valence-corrected chi connectivity index (χ3v) is 5.25. The maximum absolute atomic E-state index is 12.3. The van der Waals surface area contributed by atoms with Crippen molar-refractivity contribution in [3.63, 3.8) is 0 Å². The molecular formula is C16H15ClN2O3S. The van der Waals surface area contributed by atoms with E-state index in [1.165, 1.54) is 0 Å². The van der Waals surface area contributed by atoms with Crippen LogP contribution in [0.2, 0.25) is 5.02 Å². The third-order valence-electron chi connectivity index (χ3n) is 3.46. The minimum absolute atomic E-state index is 0.244. The molecule has 0 bridgehead atoms. The van der Waals surface area contributed by atoms with Crippen LogP contribution < -0.4 is 0 Å². The van der Waals surface area contributed by atoms with Crippen LogP contribution in [0.15, 0.2) is 48.5 Å². The van der Waals surface area contributed by atoms with Crippen molar-refractivity contribution >= 4 is 32.5 Å². The third kappa shape index (κ3) is 3.90. The Morgan fingerprint density at radius 3 is 2.52 bits per heavy atom. The highest BCUT2D eigenvalue weighted by Crippen LogP contribution is 2.20. The average Bonchev–Trinajstić information content (AvgIpc) is 2.88. The molecule has 0 aliphatic heterocycles. The van der Waals surface area contributed by atoms with Gasteiger partial charge in [0.1, 0.15) is 11.6 Å². The van der Waals surface area contributed by atoms with Gasteiger partial charge in [-0.05, 0) is 29.8 Å². The summed E-state index contributed by atoms with van der Waals surface area (Å²) in [7, 11) is -3.52. The number of hydrogen-bond donors (Lipinski definition) is 2. The molecule has 7 heteroatoms. The summed E-state index contributed by atoms with van der Waals surface area (Å²) in [5.74, 6) is -0.243. The number of nitrogens with one attached hydrogen (secondary N) is 1. The summed E-state index contributed by atoms with van der Waals surface area (Å²) >= 11 is 5.78.